The van der Waals surface area contributed by atoms with Gasteiger partial charge in [0.05, 0.1) is 0 Å². The van der Waals surface area contributed by atoms with Gasteiger partial charge >= 0.3 is 0 Å². The van der Waals surface area contributed by atoms with Crippen LogP contribution in [-0.4, -0.2) is 17.8 Å². The zero-order valence-corrected chi connectivity index (χ0v) is 10.1. The van der Waals surface area contributed by atoms with E-state index in [2.05, 4.69) is 15.9 Å². The molecule has 0 atom stereocenters. The highest BCUT2D eigenvalue weighted by Crippen LogP contribution is 2.19. The van der Waals surface area contributed by atoms with Gasteiger partial charge in [0.25, 0.3) is 0 Å². The van der Waals surface area contributed by atoms with Crippen molar-refractivity contribution in [2.75, 3.05) is 12.0 Å². The number of benzene rings is 1. The number of hydrogen-bond acceptors (Lipinski definition) is 2. The summed E-state index contributed by atoms with van der Waals surface area (Å²) in [7, 11) is 0. The molecule has 0 aliphatic heterocycles. The summed E-state index contributed by atoms with van der Waals surface area (Å²) < 4.78 is 13.5. The number of Topliss-reactive ketones (excluding diaryl/α,β-unsaturated/α-hetero) is 1. The van der Waals surface area contributed by atoms with E-state index in [9.17, 15) is 9.18 Å². The predicted molar refractivity (Wildman–Crippen MR) is 61.4 cm³/mol. The average Bonchev–Trinajstić information content (AvgIpc) is 2.18. The molecule has 1 aromatic carbocycles. The van der Waals surface area contributed by atoms with Crippen molar-refractivity contribution in [2.24, 2.45) is 0 Å². The van der Waals surface area contributed by atoms with E-state index in [1.54, 1.807) is 17.8 Å². The zero-order valence-electron chi connectivity index (χ0n) is 7.72. The van der Waals surface area contributed by atoms with Gasteiger partial charge in [-0.3, -0.25) is 4.79 Å². The summed E-state index contributed by atoms with van der Waals surface area (Å²) in [5, 5.41) is 0. The van der Waals surface area contributed by atoms with Crippen LogP contribution in [0, 0.1) is 5.82 Å². The smallest absolute Gasteiger partial charge is 0.164 e. The van der Waals surface area contributed by atoms with Crippen LogP contribution < -0.4 is 0 Å². The van der Waals surface area contributed by atoms with Crippen molar-refractivity contribution in [2.45, 2.75) is 6.42 Å². The fourth-order valence-electron chi connectivity index (χ4n) is 1.04. The van der Waals surface area contributed by atoms with E-state index in [1.807, 2.05) is 6.26 Å². The van der Waals surface area contributed by atoms with Gasteiger partial charge in [-0.1, -0.05) is 15.9 Å². The van der Waals surface area contributed by atoms with Gasteiger partial charge in [0, 0.05) is 22.2 Å². The average molecular weight is 277 g/mol. The maximum absolute atomic E-state index is 12.9. The molecule has 0 N–H and O–H groups in total. The minimum Gasteiger partial charge on any atom is -0.294 e. The van der Waals surface area contributed by atoms with E-state index in [0.29, 0.717) is 16.5 Å². The summed E-state index contributed by atoms with van der Waals surface area (Å²) >= 11 is 4.83. The Kier molecular flexibility index (Phi) is 4.62. The van der Waals surface area contributed by atoms with E-state index >= 15 is 0 Å². The molecule has 4 heteroatoms. The SMILES string of the molecule is CSCCC(=O)c1cc(F)ccc1Br. The highest BCUT2D eigenvalue weighted by atomic mass is 79.9. The molecule has 0 aliphatic carbocycles. The second kappa shape index (κ2) is 5.51. The molecule has 0 fully saturated rings. The van der Waals surface area contributed by atoms with E-state index < -0.39 is 0 Å². The maximum atomic E-state index is 12.9. The van der Waals surface area contributed by atoms with Gasteiger partial charge in [-0.05, 0) is 24.5 Å². The Hall–Kier alpha value is -0.350. The monoisotopic (exact) mass is 276 g/mol. The Morgan fingerprint density at radius 2 is 2.29 bits per heavy atom. The van der Waals surface area contributed by atoms with E-state index in [1.165, 1.54) is 12.1 Å². The molecule has 1 nitrogen and oxygen atoms in total. The molecule has 0 spiro atoms. The molecule has 1 aromatic rings. The molecule has 0 bridgehead atoms. The Bertz CT molecular complexity index is 341. The molecule has 76 valence electrons. The zero-order chi connectivity index (χ0) is 10.6. The molecular weight excluding hydrogens is 267 g/mol. The minimum atomic E-state index is -0.374. The second-order valence-electron chi connectivity index (χ2n) is 2.79. The first-order valence-corrected chi connectivity index (χ1v) is 6.31. The largest absolute Gasteiger partial charge is 0.294 e. The third kappa shape index (κ3) is 3.10. The molecule has 0 aliphatic rings. The summed E-state index contributed by atoms with van der Waals surface area (Å²) in [4.78, 5) is 11.6. The van der Waals surface area contributed by atoms with Gasteiger partial charge in [-0.15, -0.1) is 0 Å². The van der Waals surface area contributed by atoms with Crippen LogP contribution in [0.2, 0.25) is 0 Å². The van der Waals surface area contributed by atoms with Crippen LogP contribution >= 0.6 is 27.7 Å². The molecule has 0 saturated carbocycles. The van der Waals surface area contributed by atoms with Gasteiger partial charge in [0.15, 0.2) is 5.78 Å². The number of rotatable bonds is 4. The molecule has 14 heavy (non-hydrogen) atoms. The fourth-order valence-corrected chi connectivity index (χ4v) is 1.90. The third-order valence-corrected chi connectivity index (χ3v) is 3.07. The predicted octanol–water partition coefficient (Wildman–Crippen LogP) is 3.52. The van der Waals surface area contributed by atoms with Crippen molar-refractivity contribution in [1.29, 1.82) is 0 Å². The molecule has 0 radical (unpaired) electrons. The van der Waals surface area contributed by atoms with Crippen molar-refractivity contribution in [3.63, 3.8) is 0 Å². The second-order valence-corrected chi connectivity index (χ2v) is 4.63. The molecular formula is C10H10BrFOS. The summed E-state index contributed by atoms with van der Waals surface area (Å²) in [6, 6.07) is 4.16. The summed E-state index contributed by atoms with van der Waals surface area (Å²) in [6.45, 7) is 0. The topological polar surface area (TPSA) is 17.1 Å². The number of halogens is 2. The first kappa shape index (κ1) is 11.7. The number of carbonyl (C=O) groups is 1. The molecule has 0 heterocycles. The molecule has 0 aromatic heterocycles. The lowest BCUT2D eigenvalue weighted by molar-refractivity contribution is 0.0988. The van der Waals surface area contributed by atoms with Crippen LogP contribution in [0.15, 0.2) is 22.7 Å². The Labute approximate surface area is 95.2 Å². The number of thioether (sulfide) groups is 1. The number of ketones is 1. The van der Waals surface area contributed by atoms with Gasteiger partial charge < -0.3 is 0 Å². The quantitative estimate of drug-likeness (QED) is 0.783. The summed E-state index contributed by atoms with van der Waals surface area (Å²) in [5.41, 5.74) is 0.430. The summed E-state index contributed by atoms with van der Waals surface area (Å²) in [5.74, 6) is 0.369. The highest BCUT2D eigenvalue weighted by Gasteiger charge is 2.10. The number of carbonyl (C=O) groups excluding carboxylic acids is 1. The first-order chi connectivity index (χ1) is 6.65. The van der Waals surface area contributed by atoms with Crippen molar-refractivity contribution in [3.05, 3.63) is 34.1 Å². The van der Waals surface area contributed by atoms with E-state index in [-0.39, 0.29) is 11.6 Å². The van der Waals surface area contributed by atoms with E-state index in [0.717, 1.165) is 5.75 Å². The normalized spacial score (nSPS) is 10.2. The Balaban J connectivity index is 2.83. The van der Waals surface area contributed by atoms with Crippen LogP contribution in [0.4, 0.5) is 4.39 Å². The van der Waals surface area contributed by atoms with Gasteiger partial charge in [0.2, 0.25) is 0 Å². The van der Waals surface area contributed by atoms with Gasteiger partial charge in [0.1, 0.15) is 5.82 Å². The lowest BCUT2D eigenvalue weighted by Crippen LogP contribution is -2.02. The van der Waals surface area contributed by atoms with Crippen LogP contribution in [0.1, 0.15) is 16.8 Å². The summed E-state index contributed by atoms with van der Waals surface area (Å²) in [6.07, 6.45) is 2.39. The highest BCUT2D eigenvalue weighted by molar-refractivity contribution is 9.10. The van der Waals surface area contributed by atoms with E-state index in [4.69, 9.17) is 0 Å². The molecule has 0 saturated heterocycles. The Morgan fingerprint density at radius 3 is 2.93 bits per heavy atom. The molecule has 0 amide bonds. The Morgan fingerprint density at radius 1 is 1.57 bits per heavy atom. The third-order valence-electron chi connectivity index (χ3n) is 1.76. The lowest BCUT2D eigenvalue weighted by Gasteiger charge is -2.02. The minimum absolute atomic E-state index is 0.0225. The fraction of sp³-hybridized carbons (Fsp3) is 0.300. The standard InChI is InChI=1S/C10H10BrFOS/c1-14-5-4-10(13)8-6-7(12)2-3-9(8)11/h2-3,6H,4-5H2,1H3. The van der Waals surface area contributed by atoms with Gasteiger partial charge in [-0.2, -0.15) is 11.8 Å². The van der Waals surface area contributed by atoms with Crippen LogP contribution in [0.5, 0.6) is 0 Å². The molecule has 0 unspecified atom stereocenters. The van der Waals surface area contributed by atoms with Crippen molar-refractivity contribution in [1.82, 2.24) is 0 Å². The number of hydrogen-bond donors (Lipinski definition) is 0. The van der Waals surface area contributed by atoms with Crippen molar-refractivity contribution in [3.8, 4) is 0 Å². The van der Waals surface area contributed by atoms with Gasteiger partial charge in [-0.25, -0.2) is 4.39 Å². The lowest BCUT2D eigenvalue weighted by atomic mass is 10.1. The van der Waals surface area contributed by atoms with Crippen molar-refractivity contribution >= 4 is 33.5 Å². The van der Waals surface area contributed by atoms with Crippen LogP contribution in [0.25, 0.3) is 0 Å². The molecule has 1 rings (SSSR count). The first-order valence-electron chi connectivity index (χ1n) is 4.12. The van der Waals surface area contributed by atoms with Crippen LogP contribution in [0.3, 0.4) is 0 Å². The van der Waals surface area contributed by atoms with Crippen molar-refractivity contribution < 1.29 is 9.18 Å². The van der Waals surface area contributed by atoms with Crippen LogP contribution in [-0.2, 0) is 0 Å². The maximum Gasteiger partial charge on any atom is 0.164 e.